The molecule has 0 aliphatic carbocycles. The Bertz CT molecular complexity index is 3170. The molecule has 0 aliphatic rings. The number of fused-ring (bicyclic) bond motifs is 8. The quantitative estimate of drug-likeness (QED) is 0.177. The van der Waals surface area contributed by atoms with Crippen LogP contribution < -0.4 is 0 Å². The Morgan fingerprint density at radius 2 is 1.06 bits per heavy atom. The van der Waals surface area contributed by atoms with Crippen molar-refractivity contribution >= 4 is 64.5 Å². The van der Waals surface area contributed by atoms with Crippen LogP contribution in [0.5, 0.6) is 0 Å². The van der Waals surface area contributed by atoms with Crippen molar-refractivity contribution in [3.8, 4) is 57.1 Å². The lowest BCUT2D eigenvalue weighted by Gasteiger charge is -2.10. The molecule has 0 bridgehead atoms. The van der Waals surface area contributed by atoms with E-state index in [4.69, 9.17) is 33.8 Å². The maximum Gasteiger partial charge on any atom is 0.227 e. The van der Waals surface area contributed by atoms with Crippen LogP contribution in [0.15, 0.2) is 160 Å². The maximum absolute atomic E-state index is 6.41. The number of para-hydroxylation sites is 1. The molecule has 11 aromatic rings. The number of benzene rings is 7. The number of hydrogen-bond donors (Lipinski definition) is 0. The molecule has 0 fully saturated rings. The summed E-state index contributed by atoms with van der Waals surface area (Å²) in [4.78, 5) is 25.0. The van der Waals surface area contributed by atoms with Gasteiger partial charge in [-0.15, -0.1) is 11.3 Å². The number of nitrogens with zero attached hydrogens (tertiary/aromatic N) is 5. The van der Waals surface area contributed by atoms with E-state index in [1.165, 1.54) is 4.70 Å². The Morgan fingerprint density at radius 3 is 1.81 bits per heavy atom. The van der Waals surface area contributed by atoms with Crippen molar-refractivity contribution in [3.05, 3.63) is 152 Å². The zero-order valence-corrected chi connectivity index (χ0v) is 28.7. The number of rotatable bonds is 5. The zero-order chi connectivity index (χ0) is 34.9. The number of hydrogen-bond acceptors (Lipinski definition) is 8. The molecule has 8 heteroatoms. The minimum atomic E-state index is 0.507. The summed E-state index contributed by atoms with van der Waals surface area (Å²) >= 11 is 1.76. The van der Waals surface area contributed by atoms with Gasteiger partial charge < -0.3 is 8.83 Å². The van der Waals surface area contributed by atoms with Crippen molar-refractivity contribution in [1.82, 2.24) is 24.9 Å². The van der Waals surface area contributed by atoms with Crippen molar-refractivity contribution in [2.24, 2.45) is 0 Å². The molecule has 0 radical (unpaired) electrons. The zero-order valence-electron chi connectivity index (χ0n) is 27.9. The Labute approximate surface area is 305 Å². The lowest BCUT2D eigenvalue weighted by molar-refractivity contribution is 0.619. The summed E-state index contributed by atoms with van der Waals surface area (Å²) in [6.07, 6.45) is 0. The largest absolute Gasteiger partial charge is 0.436 e. The molecular weight excluding hydrogens is 675 g/mol. The predicted molar refractivity (Wildman–Crippen MR) is 213 cm³/mol. The third-order valence-corrected chi connectivity index (χ3v) is 10.7. The molecule has 0 saturated carbocycles. The van der Waals surface area contributed by atoms with Crippen LogP contribution in [0.3, 0.4) is 0 Å². The fraction of sp³-hybridized carbons (Fsp3) is 0. The molecule has 0 saturated heterocycles. The molecule has 4 heterocycles. The van der Waals surface area contributed by atoms with Gasteiger partial charge in [0.15, 0.2) is 28.6 Å². The number of oxazole rings is 2. The van der Waals surface area contributed by atoms with Gasteiger partial charge in [-0.3, -0.25) is 0 Å². The van der Waals surface area contributed by atoms with Gasteiger partial charge in [-0.1, -0.05) is 91.0 Å². The van der Waals surface area contributed by atoms with E-state index in [2.05, 4.69) is 36.4 Å². The fourth-order valence-electron chi connectivity index (χ4n) is 7.08. The van der Waals surface area contributed by atoms with E-state index in [-0.39, 0.29) is 0 Å². The van der Waals surface area contributed by atoms with Crippen molar-refractivity contribution in [3.63, 3.8) is 0 Å². The summed E-state index contributed by atoms with van der Waals surface area (Å²) in [6, 6.07) is 50.8. The maximum atomic E-state index is 6.41. The SMILES string of the molecule is c1ccc(-c2nc(-c3ccc4ccc5sc6ccc7oc(-c8ccccc8)nc7c6c5c4c3)nc(-c3cccc4nc(-c5ccccc5)oc34)n2)cc1. The minimum absolute atomic E-state index is 0.507. The molecule has 0 atom stereocenters. The normalized spacial score (nSPS) is 11.8. The highest BCUT2D eigenvalue weighted by molar-refractivity contribution is 7.26. The molecule has 7 nitrogen and oxygen atoms in total. The van der Waals surface area contributed by atoms with Gasteiger partial charge in [0, 0.05) is 42.4 Å². The Kier molecular flexibility index (Phi) is 6.59. The summed E-state index contributed by atoms with van der Waals surface area (Å²) in [6.45, 7) is 0. The third-order valence-electron chi connectivity index (χ3n) is 9.60. The molecule has 53 heavy (non-hydrogen) atoms. The molecule has 0 N–H and O–H groups in total. The van der Waals surface area contributed by atoms with Gasteiger partial charge in [-0.25, -0.2) is 24.9 Å². The lowest BCUT2D eigenvalue weighted by Crippen LogP contribution is -2.00. The highest BCUT2D eigenvalue weighted by Crippen LogP contribution is 2.43. The average Bonchev–Trinajstić information content (AvgIpc) is 3.97. The molecule has 0 amide bonds. The minimum Gasteiger partial charge on any atom is -0.436 e. The topological polar surface area (TPSA) is 90.7 Å². The predicted octanol–water partition coefficient (Wildman–Crippen LogP) is 12.0. The van der Waals surface area contributed by atoms with Crippen LogP contribution in [-0.4, -0.2) is 24.9 Å². The third kappa shape index (κ3) is 4.92. The van der Waals surface area contributed by atoms with Gasteiger partial charge in [0.1, 0.15) is 11.0 Å². The first-order valence-electron chi connectivity index (χ1n) is 17.2. The van der Waals surface area contributed by atoms with E-state index in [1.807, 2.05) is 115 Å². The second-order valence-electron chi connectivity index (χ2n) is 12.9. The molecule has 4 aromatic heterocycles. The van der Waals surface area contributed by atoms with E-state index in [0.717, 1.165) is 70.7 Å². The average molecular weight is 700 g/mol. The monoisotopic (exact) mass is 699 g/mol. The molecule has 0 unspecified atom stereocenters. The smallest absolute Gasteiger partial charge is 0.227 e. The molecule has 248 valence electrons. The van der Waals surface area contributed by atoms with Crippen molar-refractivity contribution < 1.29 is 8.83 Å². The van der Waals surface area contributed by atoms with Gasteiger partial charge in [0.05, 0.1) is 5.56 Å². The highest BCUT2D eigenvalue weighted by atomic mass is 32.1. The van der Waals surface area contributed by atoms with Crippen molar-refractivity contribution in [2.75, 3.05) is 0 Å². The van der Waals surface area contributed by atoms with Gasteiger partial charge in [0.25, 0.3) is 0 Å². The van der Waals surface area contributed by atoms with E-state index in [1.54, 1.807) is 11.3 Å². The fourth-order valence-corrected chi connectivity index (χ4v) is 8.20. The van der Waals surface area contributed by atoms with Gasteiger partial charge in [-0.05, 0) is 71.4 Å². The first kappa shape index (κ1) is 29.7. The molecule has 0 spiro atoms. The highest BCUT2D eigenvalue weighted by Gasteiger charge is 2.20. The number of aromatic nitrogens is 5. The molecular formula is C45H25N5O2S. The summed E-state index contributed by atoms with van der Waals surface area (Å²) in [7, 11) is 0. The van der Waals surface area contributed by atoms with Crippen LogP contribution >= 0.6 is 11.3 Å². The van der Waals surface area contributed by atoms with E-state index >= 15 is 0 Å². The second-order valence-corrected chi connectivity index (χ2v) is 13.9. The molecule has 11 rings (SSSR count). The van der Waals surface area contributed by atoms with Crippen LogP contribution in [0.25, 0.3) is 110 Å². The van der Waals surface area contributed by atoms with E-state index in [0.29, 0.717) is 34.8 Å². The summed E-state index contributed by atoms with van der Waals surface area (Å²) in [5.74, 6) is 2.79. The van der Waals surface area contributed by atoms with Crippen molar-refractivity contribution in [2.45, 2.75) is 0 Å². The van der Waals surface area contributed by atoms with Crippen LogP contribution in [0, 0.1) is 0 Å². The standard InChI is InChI=1S/C45H25N5O2S/c1-4-11-27(12-5-1)41-48-42(50-43(49-41)31-17-10-18-33-40(31)52-44(46-33)28-13-6-2-7-14-28)30-20-19-26-21-23-35-37(32(26)25-30)38-36(53-35)24-22-34-39(38)47-45(51-34)29-15-8-3-9-16-29/h1-25H. The van der Waals surface area contributed by atoms with Gasteiger partial charge in [-0.2, -0.15) is 0 Å². The van der Waals surface area contributed by atoms with E-state index in [9.17, 15) is 0 Å². The van der Waals surface area contributed by atoms with E-state index < -0.39 is 0 Å². The van der Waals surface area contributed by atoms with Crippen LogP contribution in [-0.2, 0) is 0 Å². The Balaban J connectivity index is 1.13. The summed E-state index contributed by atoms with van der Waals surface area (Å²) in [5, 5.41) is 4.43. The first-order chi connectivity index (χ1) is 26.2. The summed E-state index contributed by atoms with van der Waals surface area (Å²) in [5.41, 5.74) is 7.33. The summed E-state index contributed by atoms with van der Waals surface area (Å²) < 4.78 is 15.0. The molecule has 7 aromatic carbocycles. The lowest BCUT2D eigenvalue weighted by atomic mass is 10.0. The molecule has 0 aliphatic heterocycles. The number of thiophene rings is 1. The van der Waals surface area contributed by atoms with Crippen molar-refractivity contribution in [1.29, 1.82) is 0 Å². The van der Waals surface area contributed by atoms with Crippen LogP contribution in [0.4, 0.5) is 0 Å². The van der Waals surface area contributed by atoms with Crippen LogP contribution in [0.1, 0.15) is 0 Å². The second kappa shape index (κ2) is 11.8. The van der Waals surface area contributed by atoms with Gasteiger partial charge >= 0.3 is 0 Å². The Morgan fingerprint density at radius 1 is 0.434 bits per heavy atom. The van der Waals surface area contributed by atoms with Gasteiger partial charge in [0.2, 0.25) is 11.8 Å². The van der Waals surface area contributed by atoms with Crippen LogP contribution in [0.2, 0.25) is 0 Å². The Hall–Kier alpha value is -7.03. The first-order valence-corrected chi connectivity index (χ1v) is 18.1.